The molecule has 0 atom stereocenters. The van der Waals surface area contributed by atoms with Crippen molar-refractivity contribution in [2.75, 3.05) is 9.62 Å². The van der Waals surface area contributed by atoms with Gasteiger partial charge in [0.05, 0.1) is 17.1 Å². The molecule has 1 aliphatic rings. The monoisotopic (exact) mass is 493 g/mol. The Morgan fingerprint density at radius 1 is 1.06 bits per heavy atom. The summed E-state index contributed by atoms with van der Waals surface area (Å²) in [4.78, 5) is 12.6. The van der Waals surface area contributed by atoms with Crippen LogP contribution in [0.15, 0.2) is 76.0 Å². The van der Waals surface area contributed by atoms with Crippen LogP contribution in [-0.4, -0.2) is 22.6 Å². The van der Waals surface area contributed by atoms with E-state index in [1.54, 1.807) is 11.4 Å². The third-order valence-corrected chi connectivity index (χ3v) is 8.30. The van der Waals surface area contributed by atoms with Gasteiger partial charge in [0.1, 0.15) is 10.7 Å². The molecule has 0 unspecified atom stereocenters. The molecule has 0 spiro atoms. The van der Waals surface area contributed by atoms with E-state index >= 15 is 0 Å². The fraction of sp³-hybridized carbons (Fsp3) is 0.0500. The number of fused-ring (bicyclic) bond motifs is 1. The molecule has 32 heavy (non-hydrogen) atoms. The molecular weight excluding hydrogens is 477 g/mol. The number of primary sulfonamides is 1. The van der Waals surface area contributed by atoms with Crippen LogP contribution >= 0.6 is 11.3 Å². The van der Waals surface area contributed by atoms with Gasteiger partial charge >= 0.3 is 0 Å². The number of carbonyl (C=O) groups excluding carboxylic acids is 1. The summed E-state index contributed by atoms with van der Waals surface area (Å²) in [6.45, 7) is -0.0833. The van der Waals surface area contributed by atoms with Crippen molar-refractivity contribution in [2.24, 2.45) is 5.14 Å². The number of nitrogens with two attached hydrogens (primary N) is 1. The number of halogens is 1. The number of thiophene rings is 1. The second-order valence-electron chi connectivity index (χ2n) is 6.82. The van der Waals surface area contributed by atoms with E-state index in [0.29, 0.717) is 11.3 Å². The average molecular weight is 494 g/mol. The summed E-state index contributed by atoms with van der Waals surface area (Å²) in [5, 5.41) is 9.41. The molecule has 2 aromatic carbocycles. The van der Waals surface area contributed by atoms with Gasteiger partial charge in [-0.25, -0.2) is 26.4 Å². The Morgan fingerprint density at radius 3 is 2.34 bits per heavy atom. The van der Waals surface area contributed by atoms with Gasteiger partial charge in [-0.05, 0) is 53.4 Å². The van der Waals surface area contributed by atoms with E-state index < -0.39 is 36.6 Å². The van der Waals surface area contributed by atoms with Gasteiger partial charge in [-0.15, -0.1) is 11.3 Å². The molecule has 0 aliphatic carbocycles. The summed E-state index contributed by atoms with van der Waals surface area (Å²) in [7, 11) is -8.10. The molecule has 0 saturated heterocycles. The Balaban J connectivity index is 1.69. The smallest absolute Gasteiger partial charge is 0.270 e. The van der Waals surface area contributed by atoms with Gasteiger partial charge in [-0.3, -0.25) is 9.10 Å². The molecule has 8 nitrogen and oxygen atoms in total. The molecule has 3 N–H and O–H groups in total. The number of hydrogen-bond donors (Lipinski definition) is 2. The minimum absolute atomic E-state index is 0.0833. The standard InChI is InChI=1S/C20H16FN3O5S3/c21-14-3-1-13(2-4-14)12-24-17-9-10-30-20(17)19(25)18(32(24,28)29)11-23-15-5-7-16(8-6-15)31(22,26)27/h1-11,23H,12H2,(H2,22,26,27). The zero-order valence-corrected chi connectivity index (χ0v) is 18.7. The molecule has 0 saturated carbocycles. The highest BCUT2D eigenvalue weighted by molar-refractivity contribution is 7.97. The number of allylic oxidation sites excluding steroid dienone is 1. The lowest BCUT2D eigenvalue weighted by Gasteiger charge is -2.29. The first-order valence-corrected chi connectivity index (χ1v) is 12.9. The SMILES string of the molecule is NS(=O)(=O)c1ccc(NC=C2C(=O)c3sccc3N(Cc3ccc(F)cc3)S2(=O)=O)cc1. The molecular formula is C20H16FN3O5S3. The molecule has 1 aliphatic heterocycles. The molecule has 3 aromatic rings. The molecule has 0 fully saturated rings. The second-order valence-corrected chi connectivity index (χ2v) is 11.1. The average Bonchev–Trinajstić information content (AvgIpc) is 3.22. The lowest BCUT2D eigenvalue weighted by Crippen LogP contribution is -2.38. The summed E-state index contributed by atoms with van der Waals surface area (Å²) in [5.74, 6) is -1.10. The van der Waals surface area contributed by atoms with Gasteiger partial charge in [0, 0.05) is 11.9 Å². The van der Waals surface area contributed by atoms with Crippen molar-refractivity contribution in [3.8, 4) is 0 Å². The van der Waals surface area contributed by atoms with Gasteiger partial charge in [0.2, 0.25) is 15.8 Å². The van der Waals surface area contributed by atoms with Crippen LogP contribution in [0, 0.1) is 5.82 Å². The van der Waals surface area contributed by atoms with Gasteiger partial charge in [0.25, 0.3) is 10.0 Å². The molecule has 0 radical (unpaired) electrons. The van der Waals surface area contributed by atoms with Crippen LogP contribution < -0.4 is 14.8 Å². The zero-order chi connectivity index (χ0) is 23.1. The van der Waals surface area contributed by atoms with E-state index in [4.69, 9.17) is 5.14 Å². The zero-order valence-electron chi connectivity index (χ0n) is 16.2. The van der Waals surface area contributed by atoms with E-state index in [1.807, 2.05) is 0 Å². The highest BCUT2D eigenvalue weighted by atomic mass is 32.2. The van der Waals surface area contributed by atoms with Crippen molar-refractivity contribution in [1.29, 1.82) is 0 Å². The maximum atomic E-state index is 13.3. The minimum atomic E-state index is -4.23. The van der Waals surface area contributed by atoms with Crippen LogP contribution in [0.3, 0.4) is 0 Å². The Bertz CT molecular complexity index is 1430. The molecule has 0 bridgehead atoms. The predicted octanol–water partition coefficient (Wildman–Crippen LogP) is 3.02. The summed E-state index contributed by atoms with van der Waals surface area (Å²) in [6, 6.07) is 12.3. The Kier molecular flexibility index (Phi) is 5.63. The first kappa shape index (κ1) is 22.1. The Hall–Kier alpha value is -3.06. The summed E-state index contributed by atoms with van der Waals surface area (Å²) >= 11 is 1.12. The van der Waals surface area contributed by atoms with Crippen LogP contribution in [0.1, 0.15) is 15.2 Å². The fourth-order valence-electron chi connectivity index (χ4n) is 3.10. The third-order valence-electron chi connectivity index (χ3n) is 4.70. The number of sulfonamides is 2. The highest BCUT2D eigenvalue weighted by Crippen LogP contribution is 2.39. The van der Waals surface area contributed by atoms with Crippen molar-refractivity contribution in [3.05, 3.63) is 87.3 Å². The van der Waals surface area contributed by atoms with Crippen LogP contribution in [-0.2, 0) is 26.6 Å². The van der Waals surface area contributed by atoms with Crippen molar-refractivity contribution >= 4 is 48.5 Å². The summed E-state index contributed by atoms with van der Waals surface area (Å²) < 4.78 is 63.7. The van der Waals surface area contributed by atoms with Crippen LogP contribution in [0.25, 0.3) is 0 Å². The van der Waals surface area contributed by atoms with E-state index in [-0.39, 0.29) is 22.0 Å². The number of carbonyl (C=O) groups is 1. The normalized spacial score (nSPS) is 16.8. The van der Waals surface area contributed by atoms with Gasteiger partial charge in [0.15, 0.2) is 4.91 Å². The molecule has 12 heteroatoms. The van der Waals surface area contributed by atoms with Gasteiger partial charge in [-0.1, -0.05) is 12.1 Å². The van der Waals surface area contributed by atoms with E-state index in [9.17, 15) is 26.0 Å². The Labute approximate surface area is 187 Å². The minimum Gasteiger partial charge on any atom is -0.360 e. The second kappa shape index (κ2) is 8.13. The number of nitrogens with one attached hydrogen (secondary N) is 1. The number of benzene rings is 2. The number of hydrogen-bond acceptors (Lipinski definition) is 7. The number of anilines is 2. The van der Waals surface area contributed by atoms with Gasteiger partial charge in [-0.2, -0.15) is 0 Å². The number of nitrogens with zero attached hydrogens (tertiary/aromatic N) is 1. The van der Waals surface area contributed by atoms with Gasteiger partial charge < -0.3 is 5.32 Å². The maximum Gasteiger partial charge on any atom is 0.270 e. The molecule has 0 amide bonds. The summed E-state index contributed by atoms with van der Waals surface area (Å²) in [6.07, 6.45) is 1.07. The summed E-state index contributed by atoms with van der Waals surface area (Å²) in [5.41, 5.74) is 1.17. The third kappa shape index (κ3) is 4.17. The number of Topliss-reactive ketones (excluding diaryl/α,β-unsaturated/α-hetero) is 1. The first-order chi connectivity index (χ1) is 15.1. The van der Waals surface area contributed by atoms with Crippen LogP contribution in [0.5, 0.6) is 0 Å². The van der Waals surface area contributed by atoms with E-state index in [0.717, 1.165) is 21.8 Å². The molecule has 1 aromatic heterocycles. The van der Waals surface area contributed by atoms with Crippen LogP contribution in [0.2, 0.25) is 0 Å². The topological polar surface area (TPSA) is 127 Å². The fourth-order valence-corrected chi connectivity index (χ4v) is 6.10. The van der Waals surface area contributed by atoms with E-state index in [2.05, 4.69) is 5.32 Å². The van der Waals surface area contributed by atoms with Crippen LogP contribution in [0.4, 0.5) is 15.8 Å². The first-order valence-electron chi connectivity index (χ1n) is 9.06. The van der Waals surface area contributed by atoms with Crippen molar-refractivity contribution in [3.63, 3.8) is 0 Å². The number of rotatable bonds is 5. The molecule has 166 valence electrons. The lowest BCUT2D eigenvalue weighted by atomic mass is 10.2. The largest absolute Gasteiger partial charge is 0.360 e. The lowest BCUT2D eigenvalue weighted by molar-refractivity contribution is 0.104. The quantitative estimate of drug-likeness (QED) is 0.526. The van der Waals surface area contributed by atoms with Crippen molar-refractivity contribution in [1.82, 2.24) is 0 Å². The maximum absolute atomic E-state index is 13.3. The van der Waals surface area contributed by atoms with Crippen molar-refractivity contribution < 1.29 is 26.0 Å². The molecule has 2 heterocycles. The number of ketones is 1. The Morgan fingerprint density at radius 2 is 1.72 bits per heavy atom. The van der Waals surface area contributed by atoms with Crippen molar-refractivity contribution in [2.45, 2.75) is 11.4 Å². The predicted molar refractivity (Wildman–Crippen MR) is 120 cm³/mol. The highest BCUT2D eigenvalue weighted by Gasteiger charge is 2.41. The van der Waals surface area contributed by atoms with E-state index in [1.165, 1.54) is 48.5 Å². The molecule has 4 rings (SSSR count).